The molecule has 0 aliphatic heterocycles. The lowest BCUT2D eigenvalue weighted by Gasteiger charge is -2.74. The number of benzene rings is 1. The Morgan fingerprint density at radius 1 is 1.34 bits per heavy atom. The molecule has 11 heteroatoms. The van der Waals surface area contributed by atoms with Gasteiger partial charge in [-0.15, -0.1) is 0 Å². The number of primary amides is 1. The average Bonchev–Trinajstić information content (AvgIpc) is 2.97. The van der Waals surface area contributed by atoms with E-state index in [1.165, 1.54) is 31.6 Å². The van der Waals surface area contributed by atoms with E-state index in [-0.39, 0.29) is 28.9 Å². The Morgan fingerprint density at radius 3 is 2.48 bits per heavy atom. The quantitative estimate of drug-likeness (QED) is 0.759. The summed E-state index contributed by atoms with van der Waals surface area (Å²) < 4.78 is 69.9. The van der Waals surface area contributed by atoms with Crippen molar-refractivity contribution in [3.8, 4) is 11.3 Å². The lowest BCUT2D eigenvalue weighted by molar-refractivity contribution is -0.366. The number of hydrogen-bond acceptors (Lipinski definition) is 4. The van der Waals surface area contributed by atoms with Gasteiger partial charge < -0.3 is 10.3 Å². The van der Waals surface area contributed by atoms with Crippen molar-refractivity contribution in [1.29, 1.82) is 0 Å². The van der Waals surface area contributed by atoms with Crippen molar-refractivity contribution in [2.75, 3.05) is 7.05 Å². The Hall–Kier alpha value is -2.40. The van der Waals surface area contributed by atoms with Gasteiger partial charge in [-0.05, 0) is 37.6 Å². The number of carbonyl (C=O) groups is 1. The smallest absolute Gasteiger partial charge is 0.369 e. The van der Waals surface area contributed by atoms with Crippen LogP contribution >= 0.6 is 0 Å². The van der Waals surface area contributed by atoms with Gasteiger partial charge >= 0.3 is 6.18 Å². The zero-order valence-electron chi connectivity index (χ0n) is 15.6. The molecule has 3 N–H and O–H groups in total. The Bertz CT molecular complexity index is 1120. The molecule has 7 nitrogen and oxygen atoms in total. The van der Waals surface area contributed by atoms with Gasteiger partial charge in [0.2, 0.25) is 15.9 Å². The lowest BCUT2D eigenvalue weighted by atomic mass is 9.27. The molecule has 1 aromatic carbocycles. The highest BCUT2D eigenvalue weighted by Crippen LogP contribution is 2.85. The molecule has 1 unspecified atom stereocenters. The van der Waals surface area contributed by atoms with Crippen molar-refractivity contribution in [3.05, 3.63) is 36.3 Å². The first-order chi connectivity index (χ1) is 13.4. The summed E-state index contributed by atoms with van der Waals surface area (Å²) in [5, 5.41) is 0. The summed E-state index contributed by atoms with van der Waals surface area (Å²) in [7, 11) is -0.900. The lowest BCUT2D eigenvalue weighted by Crippen LogP contribution is -2.77. The topological polar surface area (TPSA) is 107 Å². The molecule has 3 fully saturated rings. The molecular weight excluding hydrogens is 409 g/mol. The molecule has 0 spiro atoms. The molecule has 2 aromatic rings. The molecule has 5 rings (SSSR count). The molecule has 29 heavy (non-hydrogen) atoms. The van der Waals surface area contributed by atoms with Crippen LogP contribution in [0.4, 0.5) is 13.2 Å². The SMILES string of the molecule is CNS(=O)(=O)c1ccc(C2C3(C(N)=O)CC2(C(F)(F)F)C3)c(-c2cn(C)cn2)c1. The number of halogens is 3. The molecule has 2 bridgehead atoms. The number of sulfonamides is 1. The molecule has 3 aliphatic carbocycles. The predicted octanol–water partition coefficient (Wildman–Crippen LogP) is 1.91. The van der Waals surface area contributed by atoms with Crippen molar-refractivity contribution < 1.29 is 26.4 Å². The van der Waals surface area contributed by atoms with E-state index < -0.39 is 38.9 Å². The fraction of sp³-hybridized carbons (Fsp3) is 0.444. The van der Waals surface area contributed by atoms with E-state index in [4.69, 9.17) is 5.73 Å². The number of nitrogens with two attached hydrogens (primary N) is 1. The number of amides is 1. The maximum Gasteiger partial charge on any atom is 0.395 e. The third-order valence-corrected chi connectivity index (χ3v) is 7.73. The minimum atomic E-state index is -4.51. The standard InChI is InChI=1S/C18H19F3N4O3S/c1-23-29(27,28)10-3-4-11(12(5-10)13-6-25(2)9-24-13)14-16(15(22)26)7-17(14,8-16)18(19,20)21/h3-6,9,14,23H,7-8H2,1-2H3,(H2,22,26). The monoisotopic (exact) mass is 428 g/mol. The van der Waals surface area contributed by atoms with Crippen LogP contribution in [-0.4, -0.2) is 37.1 Å². The van der Waals surface area contributed by atoms with Crippen molar-refractivity contribution in [2.45, 2.75) is 29.8 Å². The predicted molar refractivity (Wildman–Crippen MR) is 97.0 cm³/mol. The first-order valence-corrected chi connectivity index (χ1v) is 10.3. The summed E-state index contributed by atoms with van der Waals surface area (Å²) in [5.74, 6) is -1.94. The molecule has 1 heterocycles. The molecule has 1 aromatic heterocycles. The number of aromatic nitrogens is 2. The van der Waals surface area contributed by atoms with Gasteiger partial charge in [0.1, 0.15) is 0 Å². The van der Waals surface area contributed by atoms with Crippen LogP contribution in [0.3, 0.4) is 0 Å². The van der Waals surface area contributed by atoms with Crippen LogP contribution in [0.25, 0.3) is 11.3 Å². The van der Waals surface area contributed by atoms with Gasteiger partial charge in [-0.3, -0.25) is 4.79 Å². The number of nitrogens with zero attached hydrogens (tertiary/aromatic N) is 2. The van der Waals surface area contributed by atoms with Crippen LogP contribution in [0, 0.1) is 10.8 Å². The molecule has 3 aliphatic rings. The normalized spacial score (nSPS) is 28.5. The second-order valence-electron chi connectivity index (χ2n) is 7.84. The fourth-order valence-electron chi connectivity index (χ4n) is 4.87. The fourth-order valence-corrected chi connectivity index (χ4v) is 5.63. The Kier molecular flexibility index (Phi) is 3.99. The van der Waals surface area contributed by atoms with Gasteiger partial charge in [-0.25, -0.2) is 18.1 Å². The van der Waals surface area contributed by atoms with Gasteiger partial charge in [-0.2, -0.15) is 13.2 Å². The molecule has 3 saturated carbocycles. The summed E-state index contributed by atoms with van der Waals surface area (Å²) in [6, 6.07) is 3.87. The van der Waals surface area contributed by atoms with Gasteiger partial charge in [0.15, 0.2) is 0 Å². The number of carbonyl (C=O) groups excluding carboxylic acids is 1. The van der Waals surface area contributed by atoms with Crippen LogP contribution < -0.4 is 10.5 Å². The second-order valence-corrected chi connectivity index (χ2v) is 9.73. The van der Waals surface area contributed by atoms with Gasteiger partial charge in [0, 0.05) is 24.7 Å². The van der Waals surface area contributed by atoms with E-state index in [1.54, 1.807) is 17.8 Å². The van der Waals surface area contributed by atoms with Crippen molar-refractivity contribution in [3.63, 3.8) is 0 Å². The minimum Gasteiger partial charge on any atom is -0.369 e. The van der Waals surface area contributed by atoms with Crippen LogP contribution in [0.1, 0.15) is 24.3 Å². The third kappa shape index (κ3) is 2.49. The highest BCUT2D eigenvalue weighted by atomic mass is 32.2. The number of nitrogens with one attached hydrogen (secondary N) is 1. The van der Waals surface area contributed by atoms with E-state index in [0.29, 0.717) is 5.69 Å². The highest BCUT2D eigenvalue weighted by Gasteiger charge is 2.87. The molecule has 0 radical (unpaired) electrons. The number of rotatable bonds is 5. The molecule has 1 amide bonds. The summed E-state index contributed by atoms with van der Waals surface area (Å²) in [6.45, 7) is 0. The average molecular weight is 428 g/mol. The number of alkyl halides is 3. The van der Waals surface area contributed by atoms with E-state index in [2.05, 4.69) is 9.71 Å². The van der Waals surface area contributed by atoms with Crippen molar-refractivity contribution >= 4 is 15.9 Å². The maximum atomic E-state index is 13.9. The zero-order chi connectivity index (χ0) is 21.4. The van der Waals surface area contributed by atoms with Gasteiger partial charge in [0.05, 0.1) is 27.7 Å². The Morgan fingerprint density at radius 2 is 2.00 bits per heavy atom. The van der Waals surface area contributed by atoms with Crippen LogP contribution in [0.15, 0.2) is 35.6 Å². The highest BCUT2D eigenvalue weighted by molar-refractivity contribution is 7.89. The zero-order valence-corrected chi connectivity index (χ0v) is 16.4. The Labute approximate surface area is 165 Å². The van der Waals surface area contributed by atoms with Crippen LogP contribution in [-0.2, 0) is 21.9 Å². The summed E-state index contributed by atoms with van der Waals surface area (Å²) in [6.07, 6.45) is -2.16. The summed E-state index contributed by atoms with van der Waals surface area (Å²) >= 11 is 0. The molecule has 1 atom stereocenters. The van der Waals surface area contributed by atoms with Crippen LogP contribution in [0.2, 0.25) is 0 Å². The molecule has 156 valence electrons. The molecular formula is C18H19F3N4O3S. The van der Waals surface area contributed by atoms with Crippen molar-refractivity contribution in [2.24, 2.45) is 23.6 Å². The largest absolute Gasteiger partial charge is 0.395 e. The summed E-state index contributed by atoms with van der Waals surface area (Å²) in [4.78, 5) is 16.1. The number of aryl methyl sites for hydroxylation is 1. The maximum absolute atomic E-state index is 13.9. The second kappa shape index (κ2) is 5.82. The van der Waals surface area contributed by atoms with E-state index in [1.807, 2.05) is 0 Å². The van der Waals surface area contributed by atoms with E-state index >= 15 is 0 Å². The number of hydrogen-bond donors (Lipinski definition) is 2. The van der Waals surface area contributed by atoms with Crippen LogP contribution in [0.5, 0.6) is 0 Å². The number of imidazole rings is 1. The van der Waals surface area contributed by atoms with Crippen molar-refractivity contribution in [1.82, 2.24) is 14.3 Å². The summed E-state index contributed by atoms with van der Waals surface area (Å²) in [5.41, 5.74) is 2.96. The molecule has 0 saturated heterocycles. The van der Waals surface area contributed by atoms with Gasteiger partial charge in [0.25, 0.3) is 0 Å². The first kappa shape index (κ1) is 19.9. The minimum absolute atomic E-state index is 0.105. The van der Waals surface area contributed by atoms with E-state index in [0.717, 1.165) is 0 Å². The Balaban J connectivity index is 1.93. The first-order valence-electron chi connectivity index (χ1n) is 8.80. The van der Waals surface area contributed by atoms with E-state index in [9.17, 15) is 26.4 Å². The third-order valence-electron chi connectivity index (χ3n) is 6.32. The van der Waals surface area contributed by atoms with Gasteiger partial charge in [-0.1, -0.05) is 6.07 Å².